The molecule has 1 aliphatic heterocycles. The molecule has 1 saturated heterocycles. The highest BCUT2D eigenvalue weighted by Crippen LogP contribution is 2.28. The number of rotatable bonds is 1. The van der Waals surface area contributed by atoms with Gasteiger partial charge in [0.15, 0.2) is 0 Å². The van der Waals surface area contributed by atoms with Crippen LogP contribution in [0.3, 0.4) is 0 Å². The monoisotopic (exact) mass is 135 g/mol. The molecule has 1 atom stereocenters. The lowest BCUT2D eigenvalue weighted by atomic mass is 10.1. The minimum Gasteiger partial charge on any atom is -0.308 e. The summed E-state index contributed by atoms with van der Waals surface area (Å²) in [5.41, 5.74) is 0. The minimum absolute atomic E-state index is 0.00546. The van der Waals surface area contributed by atoms with E-state index in [0.717, 1.165) is 0 Å². The van der Waals surface area contributed by atoms with Crippen LogP contribution in [0.1, 0.15) is 19.8 Å². The van der Waals surface area contributed by atoms with Crippen LogP contribution in [-0.4, -0.2) is 18.5 Å². The van der Waals surface area contributed by atoms with Gasteiger partial charge in [0.05, 0.1) is 6.04 Å². The predicted molar refractivity (Wildman–Crippen MR) is 31.6 cm³/mol. The molecule has 0 saturated carbocycles. The normalized spacial score (nSPS) is 33.0. The Morgan fingerprint density at radius 1 is 1.67 bits per heavy atom. The first kappa shape index (κ1) is 6.93. The maximum atomic E-state index is 12.5. The van der Waals surface area contributed by atoms with Crippen LogP contribution in [0.15, 0.2) is 0 Å². The smallest absolute Gasteiger partial charge is 0.264 e. The molecule has 0 aromatic carbocycles. The maximum Gasteiger partial charge on any atom is 0.264 e. The van der Waals surface area contributed by atoms with Gasteiger partial charge >= 0.3 is 0 Å². The number of nitrogens with one attached hydrogen (secondary N) is 1. The molecule has 0 aromatic rings. The third-order valence-electron chi connectivity index (χ3n) is 1.77. The first-order valence-electron chi connectivity index (χ1n) is 3.28. The topological polar surface area (TPSA) is 12.0 Å². The first-order valence-corrected chi connectivity index (χ1v) is 3.28. The van der Waals surface area contributed by atoms with E-state index in [2.05, 4.69) is 5.32 Å². The number of alkyl halides is 2. The van der Waals surface area contributed by atoms with Gasteiger partial charge in [-0.1, -0.05) is 6.92 Å². The molecule has 54 valence electrons. The van der Waals surface area contributed by atoms with Gasteiger partial charge in [-0.15, -0.1) is 0 Å². The molecule has 0 radical (unpaired) electrons. The van der Waals surface area contributed by atoms with E-state index in [9.17, 15) is 8.78 Å². The lowest BCUT2D eigenvalue weighted by molar-refractivity contribution is -0.0117. The van der Waals surface area contributed by atoms with Gasteiger partial charge in [-0.25, -0.2) is 8.78 Å². The van der Waals surface area contributed by atoms with Crippen molar-refractivity contribution in [1.82, 2.24) is 5.32 Å². The molecule has 0 amide bonds. The third kappa shape index (κ3) is 1.21. The Kier molecular flexibility index (Phi) is 1.70. The molecule has 1 heterocycles. The van der Waals surface area contributed by atoms with Gasteiger partial charge in [0.2, 0.25) is 0 Å². The van der Waals surface area contributed by atoms with E-state index in [1.54, 1.807) is 6.92 Å². The molecule has 1 N–H and O–H groups in total. The lowest BCUT2D eigenvalue weighted by Gasteiger charge is -2.15. The largest absolute Gasteiger partial charge is 0.308 e. The molecule has 1 rings (SSSR count). The molecule has 0 aliphatic carbocycles. The van der Waals surface area contributed by atoms with Crippen LogP contribution in [-0.2, 0) is 0 Å². The van der Waals surface area contributed by atoms with Gasteiger partial charge in [-0.05, 0) is 6.42 Å². The zero-order valence-corrected chi connectivity index (χ0v) is 5.45. The van der Waals surface area contributed by atoms with Crippen LogP contribution in [0, 0.1) is 0 Å². The zero-order valence-electron chi connectivity index (χ0n) is 5.45. The molecule has 1 fully saturated rings. The summed E-state index contributed by atoms with van der Waals surface area (Å²) in [7, 11) is 0. The fraction of sp³-hybridized carbons (Fsp3) is 1.00. The summed E-state index contributed by atoms with van der Waals surface area (Å²) in [6.07, 6.45) is 0.526. The number of halogens is 2. The van der Waals surface area contributed by atoms with E-state index in [-0.39, 0.29) is 6.42 Å². The van der Waals surface area contributed by atoms with Crippen molar-refractivity contribution in [2.45, 2.75) is 31.7 Å². The standard InChI is InChI=1S/C6H11F2N/c1-2-5-6(7,8)3-4-9-5/h5,9H,2-4H2,1H3/t5-/m1/s1. The van der Waals surface area contributed by atoms with Crippen LogP contribution >= 0.6 is 0 Å². The second-order valence-electron chi connectivity index (χ2n) is 2.43. The van der Waals surface area contributed by atoms with Crippen LogP contribution in [0.5, 0.6) is 0 Å². The Hall–Kier alpha value is -0.180. The summed E-state index contributed by atoms with van der Waals surface area (Å²) >= 11 is 0. The average molecular weight is 135 g/mol. The Labute approximate surface area is 53.4 Å². The number of hydrogen-bond acceptors (Lipinski definition) is 1. The van der Waals surface area contributed by atoms with E-state index >= 15 is 0 Å². The predicted octanol–water partition coefficient (Wildman–Crippen LogP) is 1.39. The van der Waals surface area contributed by atoms with Gasteiger partial charge < -0.3 is 5.32 Å². The number of hydrogen-bond donors (Lipinski definition) is 1. The summed E-state index contributed by atoms with van der Waals surface area (Å²) in [5.74, 6) is -2.45. The SMILES string of the molecule is CC[C@H]1NCCC1(F)F. The summed E-state index contributed by atoms with van der Waals surface area (Å²) in [6, 6.07) is -0.572. The van der Waals surface area contributed by atoms with Crippen molar-refractivity contribution in [2.24, 2.45) is 0 Å². The second kappa shape index (κ2) is 2.21. The highest BCUT2D eigenvalue weighted by atomic mass is 19.3. The summed E-state index contributed by atoms with van der Waals surface area (Å²) < 4.78 is 25.1. The van der Waals surface area contributed by atoms with Crippen molar-refractivity contribution in [3.63, 3.8) is 0 Å². The van der Waals surface area contributed by atoms with Gasteiger partial charge in [0.25, 0.3) is 5.92 Å². The molecule has 0 spiro atoms. The van der Waals surface area contributed by atoms with Crippen LogP contribution in [0.25, 0.3) is 0 Å². The Bertz CT molecular complexity index is 103. The molecule has 0 bridgehead atoms. The molecule has 0 aromatic heterocycles. The average Bonchev–Trinajstić information content (AvgIpc) is 2.08. The fourth-order valence-corrected chi connectivity index (χ4v) is 1.18. The van der Waals surface area contributed by atoms with Gasteiger partial charge in [0.1, 0.15) is 0 Å². The maximum absolute atomic E-state index is 12.5. The molecule has 1 nitrogen and oxygen atoms in total. The molecule has 0 unspecified atom stereocenters. The Balaban J connectivity index is 2.52. The van der Waals surface area contributed by atoms with Gasteiger partial charge in [-0.2, -0.15) is 0 Å². The second-order valence-corrected chi connectivity index (χ2v) is 2.43. The minimum atomic E-state index is -2.45. The van der Waals surface area contributed by atoms with E-state index in [1.807, 2.05) is 0 Å². The summed E-state index contributed by atoms with van der Waals surface area (Å²) in [6.45, 7) is 2.24. The summed E-state index contributed by atoms with van der Waals surface area (Å²) in [4.78, 5) is 0. The quantitative estimate of drug-likeness (QED) is 0.573. The highest BCUT2D eigenvalue weighted by molar-refractivity contribution is 4.88. The van der Waals surface area contributed by atoms with E-state index in [1.165, 1.54) is 0 Å². The van der Waals surface area contributed by atoms with Crippen LogP contribution in [0.2, 0.25) is 0 Å². The highest BCUT2D eigenvalue weighted by Gasteiger charge is 2.42. The van der Waals surface area contributed by atoms with E-state index < -0.39 is 12.0 Å². The van der Waals surface area contributed by atoms with Crippen LogP contribution in [0.4, 0.5) is 8.78 Å². The van der Waals surface area contributed by atoms with Crippen LogP contribution < -0.4 is 5.32 Å². The molecule has 1 aliphatic rings. The van der Waals surface area contributed by atoms with Crippen molar-refractivity contribution in [2.75, 3.05) is 6.54 Å². The molecular weight excluding hydrogens is 124 g/mol. The lowest BCUT2D eigenvalue weighted by Crippen LogP contribution is -2.34. The Morgan fingerprint density at radius 3 is 2.56 bits per heavy atom. The van der Waals surface area contributed by atoms with Crippen molar-refractivity contribution in [1.29, 1.82) is 0 Å². The molecule has 3 heteroatoms. The van der Waals surface area contributed by atoms with Crippen molar-refractivity contribution < 1.29 is 8.78 Å². The molecular formula is C6H11F2N. The zero-order chi connectivity index (χ0) is 6.91. The first-order chi connectivity index (χ1) is 4.17. The van der Waals surface area contributed by atoms with Crippen molar-refractivity contribution in [3.8, 4) is 0 Å². The summed E-state index contributed by atoms with van der Waals surface area (Å²) in [5, 5.41) is 2.75. The third-order valence-corrected chi connectivity index (χ3v) is 1.77. The van der Waals surface area contributed by atoms with Crippen molar-refractivity contribution >= 4 is 0 Å². The van der Waals surface area contributed by atoms with Crippen molar-refractivity contribution in [3.05, 3.63) is 0 Å². The molecule has 9 heavy (non-hydrogen) atoms. The van der Waals surface area contributed by atoms with Gasteiger partial charge in [0, 0.05) is 13.0 Å². The Morgan fingerprint density at radius 2 is 2.33 bits per heavy atom. The van der Waals surface area contributed by atoms with E-state index in [4.69, 9.17) is 0 Å². The van der Waals surface area contributed by atoms with E-state index in [0.29, 0.717) is 13.0 Å². The van der Waals surface area contributed by atoms with Gasteiger partial charge in [-0.3, -0.25) is 0 Å². The fourth-order valence-electron chi connectivity index (χ4n) is 1.18.